The molecule has 0 fully saturated rings. The maximum Gasteiger partial charge on any atom is 0.100 e. The zero-order valence-corrected chi connectivity index (χ0v) is 11.9. The lowest BCUT2D eigenvalue weighted by Crippen LogP contribution is -2.21. The third kappa shape index (κ3) is 2.58. The van der Waals surface area contributed by atoms with E-state index in [0.29, 0.717) is 6.04 Å². The van der Waals surface area contributed by atoms with Crippen LogP contribution in [-0.4, -0.2) is 15.6 Å². The minimum absolute atomic E-state index is 0.493. The second-order valence-electron chi connectivity index (χ2n) is 5.31. The smallest absolute Gasteiger partial charge is 0.100 e. The summed E-state index contributed by atoms with van der Waals surface area (Å²) in [5.41, 5.74) is 4.61. The molecule has 0 saturated carbocycles. The van der Waals surface area contributed by atoms with E-state index in [1.165, 1.54) is 5.56 Å². The minimum atomic E-state index is 0.493. The molecule has 1 aromatic heterocycles. The number of rotatable bonds is 4. The average Bonchev–Trinajstić information content (AvgIpc) is 2.89. The highest BCUT2D eigenvalue weighted by Gasteiger charge is 2.04. The van der Waals surface area contributed by atoms with Crippen molar-refractivity contribution in [2.24, 2.45) is 0 Å². The number of nitrogens with zero attached hydrogens (tertiary/aromatic N) is 2. The monoisotopic (exact) mass is 265 g/mol. The molecule has 0 spiro atoms. The van der Waals surface area contributed by atoms with Crippen molar-refractivity contribution in [3.05, 3.63) is 60.4 Å². The summed E-state index contributed by atoms with van der Waals surface area (Å²) in [5, 5.41) is 3.45. The van der Waals surface area contributed by atoms with E-state index < -0.39 is 0 Å². The van der Waals surface area contributed by atoms with Crippen molar-refractivity contribution in [2.75, 3.05) is 0 Å². The molecule has 1 N–H and O–H groups in total. The van der Waals surface area contributed by atoms with Crippen LogP contribution in [0.4, 0.5) is 0 Å². The number of hydrogen-bond donors (Lipinski definition) is 1. The number of fused-ring (bicyclic) bond motifs is 1. The van der Waals surface area contributed by atoms with E-state index in [2.05, 4.69) is 59.0 Å². The predicted molar refractivity (Wildman–Crippen MR) is 83.0 cm³/mol. The van der Waals surface area contributed by atoms with Gasteiger partial charge in [-0.15, -0.1) is 0 Å². The zero-order valence-electron chi connectivity index (χ0n) is 11.9. The van der Waals surface area contributed by atoms with Crippen molar-refractivity contribution in [1.29, 1.82) is 0 Å². The Morgan fingerprint density at radius 2 is 1.95 bits per heavy atom. The Balaban J connectivity index is 1.95. The Bertz CT molecular complexity index is 713. The molecule has 20 heavy (non-hydrogen) atoms. The zero-order chi connectivity index (χ0) is 13.9. The van der Waals surface area contributed by atoms with Gasteiger partial charge in [-0.2, -0.15) is 0 Å². The molecule has 0 aliphatic carbocycles. The molecule has 102 valence electrons. The van der Waals surface area contributed by atoms with Gasteiger partial charge in [-0.25, -0.2) is 4.98 Å². The van der Waals surface area contributed by atoms with Gasteiger partial charge in [0.15, 0.2) is 0 Å². The second kappa shape index (κ2) is 5.47. The summed E-state index contributed by atoms with van der Waals surface area (Å²) >= 11 is 0. The van der Waals surface area contributed by atoms with E-state index in [0.717, 1.165) is 23.3 Å². The average molecular weight is 265 g/mol. The van der Waals surface area contributed by atoms with Crippen LogP contribution in [0.5, 0.6) is 0 Å². The van der Waals surface area contributed by atoms with E-state index in [-0.39, 0.29) is 0 Å². The van der Waals surface area contributed by atoms with Crippen molar-refractivity contribution >= 4 is 11.0 Å². The Labute approximate surface area is 119 Å². The van der Waals surface area contributed by atoms with Crippen molar-refractivity contribution in [3.63, 3.8) is 0 Å². The Hall–Kier alpha value is -2.13. The van der Waals surface area contributed by atoms with Gasteiger partial charge in [0.05, 0.1) is 11.0 Å². The van der Waals surface area contributed by atoms with Crippen LogP contribution in [-0.2, 0) is 6.54 Å². The van der Waals surface area contributed by atoms with Crippen LogP contribution in [0.15, 0.2) is 54.9 Å². The molecule has 0 aliphatic heterocycles. The second-order valence-corrected chi connectivity index (χ2v) is 5.31. The Morgan fingerprint density at radius 3 is 2.80 bits per heavy atom. The topological polar surface area (TPSA) is 29.9 Å². The lowest BCUT2D eigenvalue weighted by atomic mass is 10.2. The van der Waals surface area contributed by atoms with E-state index >= 15 is 0 Å². The molecule has 3 nitrogen and oxygen atoms in total. The summed E-state index contributed by atoms with van der Waals surface area (Å²) < 4.78 is 2.13. The quantitative estimate of drug-likeness (QED) is 0.782. The van der Waals surface area contributed by atoms with Crippen LogP contribution >= 0.6 is 0 Å². The lowest BCUT2D eigenvalue weighted by Gasteiger charge is -2.10. The molecular weight excluding hydrogens is 246 g/mol. The molecule has 0 unspecified atom stereocenters. The largest absolute Gasteiger partial charge is 0.310 e. The van der Waals surface area contributed by atoms with E-state index in [9.17, 15) is 0 Å². The highest BCUT2D eigenvalue weighted by Crippen LogP contribution is 2.18. The number of imidazole rings is 1. The fraction of sp³-hybridized carbons (Fsp3) is 0.235. The SMILES string of the molecule is CC(C)NCc1cccc(-n2cnc3ccccc32)c1. The molecule has 3 rings (SSSR count). The first-order chi connectivity index (χ1) is 9.74. The van der Waals surface area contributed by atoms with Gasteiger partial charge in [0.1, 0.15) is 6.33 Å². The van der Waals surface area contributed by atoms with E-state index in [1.54, 1.807) is 0 Å². The van der Waals surface area contributed by atoms with Crippen LogP contribution in [0, 0.1) is 0 Å². The summed E-state index contributed by atoms with van der Waals surface area (Å²) in [6.07, 6.45) is 1.89. The van der Waals surface area contributed by atoms with Crippen LogP contribution < -0.4 is 5.32 Å². The molecule has 0 atom stereocenters. The molecule has 0 saturated heterocycles. The van der Waals surface area contributed by atoms with Gasteiger partial charge in [0.25, 0.3) is 0 Å². The maximum absolute atomic E-state index is 4.45. The van der Waals surface area contributed by atoms with Gasteiger partial charge in [-0.1, -0.05) is 38.1 Å². The molecule has 0 bridgehead atoms. The first-order valence-corrected chi connectivity index (χ1v) is 6.99. The van der Waals surface area contributed by atoms with Crippen molar-refractivity contribution in [1.82, 2.24) is 14.9 Å². The van der Waals surface area contributed by atoms with Gasteiger partial charge in [0.2, 0.25) is 0 Å². The molecule has 0 aliphatic rings. The highest BCUT2D eigenvalue weighted by molar-refractivity contribution is 5.77. The Kier molecular flexibility index (Phi) is 3.52. The molecule has 3 aromatic rings. The number of benzene rings is 2. The van der Waals surface area contributed by atoms with Crippen LogP contribution in [0.3, 0.4) is 0 Å². The summed E-state index contributed by atoms with van der Waals surface area (Å²) in [6.45, 7) is 5.21. The molecule has 0 radical (unpaired) electrons. The van der Waals surface area contributed by atoms with Crippen molar-refractivity contribution < 1.29 is 0 Å². The lowest BCUT2D eigenvalue weighted by molar-refractivity contribution is 0.589. The van der Waals surface area contributed by atoms with Crippen LogP contribution in [0.25, 0.3) is 16.7 Å². The fourth-order valence-electron chi connectivity index (χ4n) is 2.30. The summed E-state index contributed by atoms with van der Waals surface area (Å²) in [5.74, 6) is 0. The van der Waals surface area contributed by atoms with Crippen LogP contribution in [0.1, 0.15) is 19.4 Å². The van der Waals surface area contributed by atoms with Gasteiger partial charge < -0.3 is 5.32 Å². The van der Waals surface area contributed by atoms with E-state index in [1.807, 2.05) is 24.5 Å². The summed E-state index contributed by atoms with van der Waals surface area (Å²) in [6, 6.07) is 17.3. The highest BCUT2D eigenvalue weighted by atomic mass is 15.0. The van der Waals surface area contributed by atoms with Gasteiger partial charge in [-0.3, -0.25) is 4.57 Å². The summed E-state index contributed by atoms with van der Waals surface area (Å²) in [7, 11) is 0. The van der Waals surface area contributed by atoms with E-state index in [4.69, 9.17) is 0 Å². The molecular formula is C17H19N3. The van der Waals surface area contributed by atoms with Crippen LogP contribution in [0.2, 0.25) is 0 Å². The number of nitrogens with one attached hydrogen (secondary N) is 1. The van der Waals surface area contributed by atoms with Gasteiger partial charge in [-0.05, 0) is 29.8 Å². The van der Waals surface area contributed by atoms with Gasteiger partial charge in [0, 0.05) is 18.3 Å². The maximum atomic E-state index is 4.45. The molecule has 0 amide bonds. The fourth-order valence-corrected chi connectivity index (χ4v) is 2.30. The first-order valence-electron chi connectivity index (χ1n) is 6.99. The van der Waals surface area contributed by atoms with Crippen molar-refractivity contribution in [2.45, 2.75) is 26.4 Å². The molecule has 1 heterocycles. The predicted octanol–water partition coefficient (Wildman–Crippen LogP) is 3.52. The summed E-state index contributed by atoms with van der Waals surface area (Å²) in [4.78, 5) is 4.45. The normalized spacial score (nSPS) is 11.3. The number of hydrogen-bond acceptors (Lipinski definition) is 2. The number of aromatic nitrogens is 2. The minimum Gasteiger partial charge on any atom is -0.310 e. The third-order valence-corrected chi connectivity index (χ3v) is 3.36. The van der Waals surface area contributed by atoms with Crippen molar-refractivity contribution in [3.8, 4) is 5.69 Å². The molecule has 2 aromatic carbocycles. The Morgan fingerprint density at radius 1 is 1.10 bits per heavy atom. The third-order valence-electron chi connectivity index (χ3n) is 3.36. The molecule has 3 heteroatoms. The van der Waals surface area contributed by atoms with Gasteiger partial charge >= 0.3 is 0 Å². The first kappa shape index (κ1) is 12.9. The standard InChI is InChI=1S/C17H19N3/c1-13(2)18-11-14-6-5-7-15(10-14)20-12-19-16-8-3-4-9-17(16)20/h3-10,12-13,18H,11H2,1-2H3. The number of para-hydroxylation sites is 2.